The maximum absolute atomic E-state index is 14.4. The Kier molecular flexibility index (Phi) is 47.2. The maximum atomic E-state index is 14.4. The fraction of sp³-hybridized carbons (Fsp3) is 0.598. The van der Waals surface area contributed by atoms with E-state index in [-0.39, 0.29) is 240 Å². The number of carbonyl (C=O) groups excluding carboxylic acids is 13. The number of imide groups is 1. The Bertz CT molecular complexity index is 4790. The van der Waals surface area contributed by atoms with E-state index >= 15 is 0 Å². The van der Waals surface area contributed by atoms with Crippen LogP contribution in [-0.2, 0) is 126 Å². The Labute approximate surface area is 814 Å². The molecule has 139 heavy (non-hydrogen) atoms. The summed E-state index contributed by atoms with van der Waals surface area (Å²) in [5.74, 6) is -3.69. The lowest BCUT2D eigenvalue weighted by atomic mass is 9.88. The van der Waals surface area contributed by atoms with Gasteiger partial charge in [0.2, 0.25) is 29.5 Å². The van der Waals surface area contributed by atoms with Crippen LogP contribution < -0.4 is 44.7 Å². The topological polar surface area (TPSA) is 422 Å². The normalized spacial score (nSPS) is 16.5. The Morgan fingerprint density at radius 1 is 0.424 bits per heavy atom. The highest BCUT2D eigenvalue weighted by molar-refractivity contribution is 6.08. The summed E-state index contributed by atoms with van der Waals surface area (Å²) in [6.45, 7) is 23.6. The number of nitrogens with zero attached hydrogens (tertiary/aromatic N) is 5. The molecule has 5 aliphatic heterocycles. The second kappa shape index (κ2) is 58.8. The van der Waals surface area contributed by atoms with Crippen molar-refractivity contribution in [1.29, 1.82) is 0 Å². The van der Waals surface area contributed by atoms with Gasteiger partial charge in [-0.15, -0.1) is 0 Å². The van der Waals surface area contributed by atoms with Crippen LogP contribution in [0.3, 0.4) is 0 Å². The zero-order chi connectivity index (χ0) is 100. The van der Waals surface area contributed by atoms with Crippen molar-refractivity contribution in [3.8, 4) is 23.0 Å². The smallest absolute Gasteiger partial charge is 0.414 e. The number of Topliss-reactive ketones (excluding diaryl/α,β-unsaturated/α-hetero) is 4. The quantitative estimate of drug-likeness (QED) is 0.0273. The number of ketones is 4. The molecule has 3 N–H and O–H groups in total. The molecule has 0 spiro atoms. The molecule has 1 unspecified atom stereocenters. The van der Waals surface area contributed by atoms with E-state index in [0.29, 0.717) is 178 Å². The number of rotatable bonds is 66. The first-order chi connectivity index (χ1) is 66.9. The summed E-state index contributed by atoms with van der Waals surface area (Å²) in [5.41, 5.74) is 5.53. The van der Waals surface area contributed by atoms with Crippen LogP contribution in [0.4, 0.5) is 21.0 Å². The average molecular weight is 1940 g/mol. The summed E-state index contributed by atoms with van der Waals surface area (Å²) in [4.78, 5) is 181. The molecule has 37 nitrogen and oxygen atoms in total. The number of likely N-dealkylation sites (tertiary alicyclic amines) is 1. The number of fused-ring (bicyclic) bond motifs is 4. The van der Waals surface area contributed by atoms with Gasteiger partial charge in [0.25, 0.3) is 11.8 Å². The molecule has 4 aromatic rings. The summed E-state index contributed by atoms with van der Waals surface area (Å²) in [6.07, 6.45) is 5.50. The van der Waals surface area contributed by atoms with Crippen LogP contribution in [0.15, 0.2) is 96.3 Å². The van der Waals surface area contributed by atoms with Crippen LogP contribution in [0.25, 0.3) is 0 Å². The summed E-state index contributed by atoms with van der Waals surface area (Å²) in [5, 5.41) is 8.36. The van der Waals surface area contributed by atoms with Crippen molar-refractivity contribution in [2.24, 2.45) is 29.6 Å². The van der Waals surface area contributed by atoms with Gasteiger partial charge in [-0.2, -0.15) is 0 Å². The van der Waals surface area contributed by atoms with Crippen LogP contribution in [0.1, 0.15) is 176 Å². The number of unbranched alkanes of at least 4 members (excludes halogenated alkanes) is 2. The van der Waals surface area contributed by atoms with E-state index in [1.165, 1.54) is 24.0 Å². The van der Waals surface area contributed by atoms with Crippen LogP contribution in [-0.4, -0.2) is 302 Å². The first-order valence-electron chi connectivity index (χ1n) is 48.2. The van der Waals surface area contributed by atoms with Crippen molar-refractivity contribution in [1.82, 2.24) is 30.7 Å². The van der Waals surface area contributed by atoms with E-state index in [1.54, 1.807) is 123 Å². The molecule has 9 rings (SSSR count). The lowest BCUT2D eigenvalue weighted by molar-refractivity contribution is -0.139. The monoisotopic (exact) mass is 1940 g/mol. The van der Waals surface area contributed by atoms with Gasteiger partial charge < -0.3 is 102 Å². The second-order valence-corrected chi connectivity index (χ2v) is 35.9. The molecule has 0 aromatic heterocycles. The van der Waals surface area contributed by atoms with Gasteiger partial charge >= 0.3 is 12.2 Å². The number of anilines is 2. The van der Waals surface area contributed by atoms with Crippen molar-refractivity contribution in [2.45, 2.75) is 183 Å². The molecule has 9 amide bonds. The minimum Gasteiger partial charge on any atom is -0.493 e. The van der Waals surface area contributed by atoms with E-state index in [9.17, 15) is 62.3 Å². The standard InChI is InChI=1S/C102H142N8O29/c1-67(2)82(55-80(111)25-31-127-35-34-124-10)96(117)104-72(8)88(113)53-74-16-20-76(21-17-74)65-138-101(122)109-63-78-50-69(5)61-107(78)99(120)84-57-90(125-11)92(59-86(84)109)136-29-14-13-15-30-137-93-60-87-85(58-91(93)126-12)100(121)108-62-70(6)51-79(108)64-110(87)102(123)139-66-77-22-18-75(19-23-77)54-89(114)73(9)105-97(118)83(68(3)4)56-81(112)26-32-128-36-38-130-40-42-132-44-46-134-48-49-135-47-45-133-43-41-131-39-37-129-33-27-103-94(115)24-28-106-95(116)52-71(7)98(106)119/h16-23,57-62,67-68,71-73,78-79,82-83H,13-15,24-56,63-66H2,1-12H3,(H,103,115)(H,104,117)(H,105,118)/t71?,72-,73-,78-,79-,82-,83-/m0/s1. The number of ether oxygens (including phenoxy) is 16. The highest BCUT2D eigenvalue weighted by atomic mass is 16.6. The van der Waals surface area contributed by atoms with Gasteiger partial charge in [0.05, 0.1) is 213 Å². The first-order valence-corrected chi connectivity index (χ1v) is 48.2. The van der Waals surface area contributed by atoms with Crippen molar-refractivity contribution in [2.75, 3.05) is 196 Å². The molecule has 1 fully saturated rings. The van der Waals surface area contributed by atoms with Gasteiger partial charge in [-0.1, -0.05) is 94.3 Å². The summed E-state index contributed by atoms with van der Waals surface area (Å²) in [6, 6.07) is 18.0. The molecule has 0 radical (unpaired) electrons. The third kappa shape index (κ3) is 35.9. The maximum Gasteiger partial charge on any atom is 0.414 e. The fourth-order valence-corrected chi connectivity index (χ4v) is 16.2. The molecule has 4 aromatic carbocycles. The molecule has 5 aliphatic rings. The third-order valence-electron chi connectivity index (χ3n) is 24.3. The van der Waals surface area contributed by atoms with Gasteiger partial charge in [0.15, 0.2) is 34.6 Å². The van der Waals surface area contributed by atoms with Crippen molar-refractivity contribution in [3.05, 3.63) is 130 Å². The van der Waals surface area contributed by atoms with Gasteiger partial charge in [0, 0.05) is 114 Å². The average Bonchev–Trinajstić information content (AvgIpc) is 1.63. The molecule has 764 valence electrons. The SMILES string of the molecule is COCCOCCC(=O)C[C@H](C(=O)N[C@@H](C)C(=O)Cc1ccc(COC(=O)N2C[C@@H]3CC(C)=CN3C(=O)c3cc(OC)c(OCCCCCOc4cc5c(cc4OC)C(=O)N4C=C(C)C[C@H]4CN5C(=O)OCc4ccc(CC(=O)[C@H](C)NC(=O)[C@@H](CC(=O)CCOCCOCCOCCOCCOCCOCCOCCOCCNC(=O)CCN5C(=O)CC(C)C5=O)C(C)C)cc4)cc32)cc1)C(C)C. The largest absolute Gasteiger partial charge is 0.493 e. The fourth-order valence-electron chi connectivity index (χ4n) is 16.2. The summed E-state index contributed by atoms with van der Waals surface area (Å²) in [7, 11) is 4.50. The highest BCUT2D eigenvalue weighted by Gasteiger charge is 2.43. The minimum absolute atomic E-state index is 0.00525. The number of benzene rings is 4. The molecule has 0 bridgehead atoms. The Balaban J connectivity index is 0.641. The second-order valence-electron chi connectivity index (χ2n) is 35.9. The molecule has 7 atom stereocenters. The molecule has 0 saturated carbocycles. The van der Waals surface area contributed by atoms with Crippen LogP contribution in [0, 0.1) is 29.6 Å². The zero-order valence-electron chi connectivity index (χ0n) is 82.6. The number of amides is 9. The zero-order valence-corrected chi connectivity index (χ0v) is 82.6. The number of carbonyl (C=O) groups is 13. The number of methoxy groups -OCH3 is 3. The predicted molar refractivity (Wildman–Crippen MR) is 511 cm³/mol. The van der Waals surface area contributed by atoms with Gasteiger partial charge in [0.1, 0.15) is 24.8 Å². The molecular weight excluding hydrogens is 1800 g/mol. The minimum atomic E-state index is -0.859. The van der Waals surface area contributed by atoms with E-state index in [0.717, 1.165) is 16.0 Å². The van der Waals surface area contributed by atoms with E-state index in [4.69, 9.17) is 75.8 Å². The summed E-state index contributed by atoms with van der Waals surface area (Å²) < 4.78 is 91.0. The van der Waals surface area contributed by atoms with E-state index in [2.05, 4.69) is 16.0 Å². The van der Waals surface area contributed by atoms with Gasteiger partial charge in [-0.25, -0.2) is 9.59 Å². The lowest BCUT2D eigenvalue weighted by Gasteiger charge is -2.26. The molecule has 37 heteroatoms. The Hall–Kier alpha value is -11.1. The van der Waals surface area contributed by atoms with Crippen LogP contribution in [0.2, 0.25) is 0 Å². The van der Waals surface area contributed by atoms with E-state index < -0.39 is 42.0 Å². The predicted octanol–water partition coefficient (Wildman–Crippen LogP) is 10.1. The van der Waals surface area contributed by atoms with Gasteiger partial charge in [-0.05, 0) is 106 Å². The third-order valence-corrected chi connectivity index (χ3v) is 24.3. The van der Waals surface area contributed by atoms with Crippen LogP contribution >= 0.6 is 0 Å². The number of hydrogen-bond acceptors (Lipinski definition) is 29. The highest BCUT2D eigenvalue weighted by Crippen LogP contribution is 2.43. The van der Waals surface area contributed by atoms with Crippen molar-refractivity contribution < 1.29 is 138 Å². The first kappa shape index (κ1) is 111. The van der Waals surface area contributed by atoms with E-state index in [1.807, 2.05) is 41.5 Å². The van der Waals surface area contributed by atoms with Gasteiger partial charge in [-0.3, -0.25) is 67.4 Å². The Morgan fingerprint density at radius 3 is 1.15 bits per heavy atom. The van der Waals surface area contributed by atoms with Crippen molar-refractivity contribution in [3.63, 3.8) is 0 Å². The molecule has 0 aliphatic carbocycles. The number of hydrogen-bond donors (Lipinski definition) is 3. The molecular formula is C102H142N8O29. The summed E-state index contributed by atoms with van der Waals surface area (Å²) >= 11 is 0. The lowest BCUT2D eigenvalue weighted by Crippen LogP contribution is -2.44. The Morgan fingerprint density at radius 2 is 0.791 bits per heavy atom. The molecule has 1 saturated heterocycles. The number of nitrogens with one attached hydrogen (secondary N) is 3. The van der Waals surface area contributed by atoms with Crippen molar-refractivity contribution >= 4 is 88.0 Å². The van der Waals surface area contributed by atoms with Crippen LogP contribution in [0.5, 0.6) is 23.0 Å². The molecule has 5 heterocycles.